The van der Waals surface area contributed by atoms with Gasteiger partial charge in [-0.05, 0) is 38.8 Å². The van der Waals surface area contributed by atoms with Gasteiger partial charge >= 0.3 is 0 Å². The van der Waals surface area contributed by atoms with E-state index < -0.39 is 5.82 Å². The van der Waals surface area contributed by atoms with Crippen molar-refractivity contribution in [1.82, 2.24) is 15.1 Å². The summed E-state index contributed by atoms with van der Waals surface area (Å²) >= 11 is 0. The first-order chi connectivity index (χ1) is 12.9. The number of halogens is 1. The summed E-state index contributed by atoms with van der Waals surface area (Å²) in [6.07, 6.45) is 1.51. The minimum absolute atomic E-state index is 0.0228. The molecule has 0 saturated carbocycles. The van der Waals surface area contributed by atoms with Gasteiger partial charge in [0.2, 0.25) is 11.8 Å². The van der Waals surface area contributed by atoms with Crippen molar-refractivity contribution in [1.29, 1.82) is 0 Å². The number of carbonyl (C=O) groups is 3. The van der Waals surface area contributed by atoms with Crippen molar-refractivity contribution in [2.45, 2.75) is 45.2 Å². The van der Waals surface area contributed by atoms with Gasteiger partial charge in [0.05, 0.1) is 11.5 Å². The van der Waals surface area contributed by atoms with Gasteiger partial charge < -0.3 is 15.1 Å². The summed E-state index contributed by atoms with van der Waals surface area (Å²) in [7, 11) is 0. The zero-order valence-electron chi connectivity index (χ0n) is 15.8. The van der Waals surface area contributed by atoms with Crippen molar-refractivity contribution in [2.75, 3.05) is 19.6 Å². The van der Waals surface area contributed by atoms with Gasteiger partial charge in [-0.1, -0.05) is 12.1 Å². The fourth-order valence-electron chi connectivity index (χ4n) is 3.76. The molecule has 1 atom stereocenters. The summed E-state index contributed by atoms with van der Waals surface area (Å²) < 4.78 is 13.8. The Morgan fingerprint density at radius 3 is 2.44 bits per heavy atom. The molecular weight excluding hydrogens is 349 g/mol. The lowest BCUT2D eigenvalue weighted by Crippen LogP contribution is -2.48. The predicted molar refractivity (Wildman–Crippen MR) is 98.4 cm³/mol. The average Bonchev–Trinajstić information content (AvgIpc) is 3.04. The Labute approximate surface area is 158 Å². The van der Waals surface area contributed by atoms with Crippen LogP contribution in [0.5, 0.6) is 0 Å². The van der Waals surface area contributed by atoms with E-state index >= 15 is 0 Å². The van der Waals surface area contributed by atoms with Gasteiger partial charge in [-0.2, -0.15) is 0 Å². The molecule has 2 fully saturated rings. The number of likely N-dealkylation sites (tertiary alicyclic amines) is 2. The standard InChI is InChI=1S/C20H26FN3O3/c1-13(2)24-12-14(11-18(24)25)19(26)22-15-7-9-23(10-8-15)20(27)16-5-3-4-6-17(16)21/h3-6,13-15H,7-12H2,1-2H3,(H,22,26). The fourth-order valence-corrected chi connectivity index (χ4v) is 3.76. The Morgan fingerprint density at radius 1 is 1.19 bits per heavy atom. The summed E-state index contributed by atoms with van der Waals surface area (Å²) in [6.45, 7) is 5.30. The van der Waals surface area contributed by atoms with Crippen molar-refractivity contribution in [2.24, 2.45) is 5.92 Å². The highest BCUT2D eigenvalue weighted by Crippen LogP contribution is 2.21. The Hall–Kier alpha value is -2.44. The van der Waals surface area contributed by atoms with Crippen molar-refractivity contribution in [3.8, 4) is 0 Å². The van der Waals surface area contributed by atoms with Crippen LogP contribution in [0.25, 0.3) is 0 Å². The molecule has 1 unspecified atom stereocenters. The number of piperidine rings is 1. The first kappa shape index (κ1) is 19.3. The average molecular weight is 375 g/mol. The van der Waals surface area contributed by atoms with Gasteiger partial charge in [0.25, 0.3) is 5.91 Å². The van der Waals surface area contributed by atoms with Crippen molar-refractivity contribution < 1.29 is 18.8 Å². The SMILES string of the molecule is CC(C)N1CC(C(=O)NC2CCN(C(=O)c3ccccc3F)CC2)CC1=O. The molecule has 7 heteroatoms. The van der Waals surface area contributed by atoms with E-state index in [1.165, 1.54) is 12.1 Å². The molecule has 3 amide bonds. The lowest BCUT2D eigenvalue weighted by Gasteiger charge is -2.33. The van der Waals surface area contributed by atoms with Crippen LogP contribution in [0.15, 0.2) is 24.3 Å². The first-order valence-electron chi connectivity index (χ1n) is 9.50. The van der Waals surface area contributed by atoms with Crippen LogP contribution in [0.2, 0.25) is 0 Å². The minimum atomic E-state index is -0.515. The van der Waals surface area contributed by atoms with Gasteiger partial charge in [-0.15, -0.1) is 0 Å². The highest BCUT2D eigenvalue weighted by atomic mass is 19.1. The van der Waals surface area contributed by atoms with E-state index in [2.05, 4.69) is 5.32 Å². The summed E-state index contributed by atoms with van der Waals surface area (Å²) in [6, 6.07) is 6.05. The number of benzene rings is 1. The first-order valence-corrected chi connectivity index (χ1v) is 9.50. The topological polar surface area (TPSA) is 69.7 Å². The Kier molecular flexibility index (Phi) is 5.77. The summed E-state index contributed by atoms with van der Waals surface area (Å²) in [5.74, 6) is -1.20. The summed E-state index contributed by atoms with van der Waals surface area (Å²) in [5.41, 5.74) is 0.0817. The Balaban J connectivity index is 1.50. The van der Waals surface area contributed by atoms with Gasteiger partial charge in [0, 0.05) is 38.1 Å². The van der Waals surface area contributed by atoms with Crippen LogP contribution in [0.4, 0.5) is 4.39 Å². The van der Waals surface area contributed by atoms with Gasteiger partial charge in [-0.25, -0.2) is 4.39 Å². The molecule has 0 bridgehead atoms. The molecule has 2 heterocycles. The second-order valence-electron chi connectivity index (χ2n) is 7.60. The molecule has 2 saturated heterocycles. The minimum Gasteiger partial charge on any atom is -0.353 e. The lowest BCUT2D eigenvalue weighted by atomic mass is 10.0. The molecule has 1 N–H and O–H groups in total. The van der Waals surface area contributed by atoms with Crippen LogP contribution in [0.3, 0.4) is 0 Å². The number of hydrogen-bond acceptors (Lipinski definition) is 3. The largest absolute Gasteiger partial charge is 0.353 e. The maximum Gasteiger partial charge on any atom is 0.256 e. The number of hydrogen-bond donors (Lipinski definition) is 1. The molecule has 27 heavy (non-hydrogen) atoms. The highest BCUT2D eigenvalue weighted by molar-refractivity contribution is 5.94. The lowest BCUT2D eigenvalue weighted by molar-refractivity contribution is -0.130. The zero-order chi connectivity index (χ0) is 19.6. The van der Waals surface area contributed by atoms with Crippen LogP contribution in [0.1, 0.15) is 43.5 Å². The van der Waals surface area contributed by atoms with E-state index in [9.17, 15) is 18.8 Å². The molecule has 2 aliphatic rings. The van der Waals surface area contributed by atoms with Gasteiger partial charge in [-0.3, -0.25) is 14.4 Å². The molecule has 0 radical (unpaired) electrons. The van der Waals surface area contributed by atoms with E-state index in [-0.39, 0.29) is 47.7 Å². The third-order valence-electron chi connectivity index (χ3n) is 5.39. The van der Waals surface area contributed by atoms with E-state index in [1.807, 2.05) is 13.8 Å². The Morgan fingerprint density at radius 2 is 1.85 bits per heavy atom. The number of amides is 3. The van der Waals surface area contributed by atoms with Gasteiger partial charge in [0.1, 0.15) is 5.82 Å². The van der Waals surface area contributed by atoms with E-state index in [4.69, 9.17) is 0 Å². The van der Waals surface area contributed by atoms with Crippen LogP contribution in [-0.2, 0) is 9.59 Å². The third kappa shape index (κ3) is 4.28. The van der Waals surface area contributed by atoms with Crippen molar-refractivity contribution in [3.63, 3.8) is 0 Å². The summed E-state index contributed by atoms with van der Waals surface area (Å²) in [5, 5.41) is 3.02. The second kappa shape index (κ2) is 8.06. The molecule has 0 spiro atoms. The molecule has 0 aromatic heterocycles. The van der Waals surface area contributed by atoms with Crippen LogP contribution < -0.4 is 5.32 Å². The van der Waals surface area contributed by atoms with E-state index in [0.717, 1.165) is 0 Å². The number of nitrogens with zero attached hydrogens (tertiary/aromatic N) is 2. The van der Waals surface area contributed by atoms with Crippen molar-refractivity contribution in [3.05, 3.63) is 35.6 Å². The molecule has 1 aromatic carbocycles. The fraction of sp³-hybridized carbons (Fsp3) is 0.550. The predicted octanol–water partition coefficient (Wildman–Crippen LogP) is 1.80. The monoisotopic (exact) mass is 375 g/mol. The second-order valence-corrected chi connectivity index (χ2v) is 7.60. The molecule has 0 aliphatic carbocycles. The molecule has 6 nitrogen and oxygen atoms in total. The molecule has 146 valence electrons. The Bertz CT molecular complexity index is 729. The molecule has 3 rings (SSSR count). The summed E-state index contributed by atoms with van der Waals surface area (Å²) in [4.78, 5) is 40.3. The quantitative estimate of drug-likeness (QED) is 0.873. The highest BCUT2D eigenvalue weighted by Gasteiger charge is 2.36. The van der Waals surface area contributed by atoms with E-state index in [1.54, 1.807) is 21.9 Å². The smallest absolute Gasteiger partial charge is 0.256 e. The van der Waals surface area contributed by atoms with E-state index in [0.29, 0.717) is 32.5 Å². The normalized spacial score (nSPS) is 21.0. The third-order valence-corrected chi connectivity index (χ3v) is 5.39. The van der Waals surface area contributed by atoms with Crippen LogP contribution in [0, 0.1) is 11.7 Å². The maximum absolute atomic E-state index is 13.8. The number of rotatable bonds is 4. The van der Waals surface area contributed by atoms with Crippen molar-refractivity contribution >= 4 is 17.7 Å². The molecular formula is C20H26FN3O3. The van der Waals surface area contributed by atoms with Crippen LogP contribution in [-0.4, -0.2) is 59.2 Å². The molecule has 2 aliphatic heterocycles. The molecule has 1 aromatic rings. The van der Waals surface area contributed by atoms with Crippen LogP contribution >= 0.6 is 0 Å². The van der Waals surface area contributed by atoms with Gasteiger partial charge in [0.15, 0.2) is 0 Å². The zero-order valence-corrected chi connectivity index (χ0v) is 15.8. The maximum atomic E-state index is 13.8. The number of carbonyl (C=O) groups excluding carboxylic acids is 3. The number of nitrogens with one attached hydrogen (secondary N) is 1.